The molecule has 0 bridgehead atoms. The zero-order valence-electron chi connectivity index (χ0n) is 12.2. The van der Waals surface area contributed by atoms with Crippen LogP contribution in [0.2, 0.25) is 0 Å². The first-order valence-electron chi connectivity index (χ1n) is 7.39. The molecule has 1 saturated heterocycles. The van der Waals surface area contributed by atoms with Crippen LogP contribution in [0.5, 0.6) is 5.75 Å². The van der Waals surface area contributed by atoms with Crippen molar-refractivity contribution in [3.8, 4) is 5.75 Å². The summed E-state index contributed by atoms with van der Waals surface area (Å²) in [5, 5.41) is 3.26. The van der Waals surface area contributed by atoms with Crippen molar-refractivity contribution in [2.45, 2.75) is 32.2 Å². The van der Waals surface area contributed by atoms with E-state index in [1.54, 1.807) is 0 Å². The van der Waals surface area contributed by atoms with Crippen molar-refractivity contribution in [2.75, 3.05) is 33.3 Å². The van der Waals surface area contributed by atoms with Crippen LogP contribution in [-0.2, 0) is 6.42 Å². The predicted molar refractivity (Wildman–Crippen MR) is 79.8 cm³/mol. The molecule has 3 nitrogen and oxygen atoms in total. The molecule has 0 saturated carbocycles. The molecule has 106 valence electrons. The number of nitrogens with zero attached hydrogens (tertiary/aromatic N) is 1. The maximum absolute atomic E-state index is 5.80. The Morgan fingerprint density at radius 1 is 1.21 bits per heavy atom. The van der Waals surface area contributed by atoms with E-state index in [-0.39, 0.29) is 0 Å². The van der Waals surface area contributed by atoms with Gasteiger partial charge in [0, 0.05) is 12.6 Å². The van der Waals surface area contributed by atoms with Crippen LogP contribution in [0.15, 0.2) is 24.3 Å². The largest absolute Gasteiger partial charge is 0.492 e. The Bertz CT molecular complexity index is 358. The topological polar surface area (TPSA) is 24.5 Å². The first-order chi connectivity index (χ1) is 9.28. The van der Waals surface area contributed by atoms with Gasteiger partial charge in [-0.25, -0.2) is 0 Å². The number of likely N-dealkylation sites (tertiary alicyclic amines) is 1. The highest BCUT2D eigenvalue weighted by molar-refractivity contribution is 5.27. The molecule has 1 N–H and O–H groups in total. The van der Waals surface area contributed by atoms with Crippen LogP contribution >= 0.6 is 0 Å². The molecule has 0 aromatic heterocycles. The molecule has 1 atom stereocenters. The lowest BCUT2D eigenvalue weighted by Crippen LogP contribution is -2.25. The average molecular weight is 262 g/mol. The summed E-state index contributed by atoms with van der Waals surface area (Å²) in [5.41, 5.74) is 1.36. The minimum atomic E-state index is 0.516. The molecular formula is C16H26N2O. The highest BCUT2D eigenvalue weighted by Gasteiger charge is 2.10. The normalized spacial score (nSPS) is 17.6. The Balaban J connectivity index is 1.71. The maximum atomic E-state index is 5.80. The Hall–Kier alpha value is -1.06. The van der Waals surface area contributed by atoms with Crippen molar-refractivity contribution in [1.82, 2.24) is 10.2 Å². The van der Waals surface area contributed by atoms with Gasteiger partial charge in [0.1, 0.15) is 12.4 Å². The second kappa shape index (κ2) is 7.51. The summed E-state index contributed by atoms with van der Waals surface area (Å²) in [6.45, 7) is 6.53. The third-order valence-electron chi connectivity index (χ3n) is 3.83. The van der Waals surface area contributed by atoms with Gasteiger partial charge in [0.05, 0.1) is 0 Å². The Kier molecular flexibility index (Phi) is 5.67. The van der Waals surface area contributed by atoms with Crippen molar-refractivity contribution < 1.29 is 4.74 Å². The van der Waals surface area contributed by atoms with E-state index < -0.39 is 0 Å². The Labute approximate surface area is 116 Å². The summed E-state index contributed by atoms with van der Waals surface area (Å²) >= 11 is 0. The second-order valence-corrected chi connectivity index (χ2v) is 5.44. The fourth-order valence-electron chi connectivity index (χ4n) is 2.48. The van der Waals surface area contributed by atoms with E-state index in [4.69, 9.17) is 4.74 Å². The van der Waals surface area contributed by atoms with E-state index >= 15 is 0 Å². The molecule has 0 radical (unpaired) electrons. The molecule has 0 spiro atoms. The number of hydrogen-bond acceptors (Lipinski definition) is 3. The highest BCUT2D eigenvalue weighted by atomic mass is 16.5. The molecule has 0 aliphatic carbocycles. The lowest BCUT2D eigenvalue weighted by Gasteiger charge is -2.15. The Morgan fingerprint density at radius 3 is 2.53 bits per heavy atom. The zero-order chi connectivity index (χ0) is 13.5. The van der Waals surface area contributed by atoms with Gasteiger partial charge in [-0.2, -0.15) is 0 Å². The number of hydrogen-bond donors (Lipinski definition) is 1. The summed E-state index contributed by atoms with van der Waals surface area (Å²) in [7, 11) is 2.00. The van der Waals surface area contributed by atoms with Crippen molar-refractivity contribution in [3.05, 3.63) is 29.8 Å². The summed E-state index contributed by atoms with van der Waals surface area (Å²) in [5.74, 6) is 0.986. The van der Waals surface area contributed by atoms with Crippen LogP contribution in [0.3, 0.4) is 0 Å². The van der Waals surface area contributed by atoms with Crippen LogP contribution in [0.25, 0.3) is 0 Å². The van der Waals surface area contributed by atoms with E-state index in [0.29, 0.717) is 6.04 Å². The monoisotopic (exact) mass is 262 g/mol. The van der Waals surface area contributed by atoms with Gasteiger partial charge in [-0.05, 0) is 64.0 Å². The molecular weight excluding hydrogens is 236 g/mol. The predicted octanol–water partition coefficient (Wildman–Crippen LogP) is 2.31. The minimum absolute atomic E-state index is 0.516. The van der Waals surface area contributed by atoms with Gasteiger partial charge in [0.15, 0.2) is 0 Å². The van der Waals surface area contributed by atoms with Gasteiger partial charge in [-0.3, -0.25) is 4.90 Å². The maximum Gasteiger partial charge on any atom is 0.119 e. The van der Waals surface area contributed by atoms with E-state index in [1.165, 1.54) is 31.5 Å². The van der Waals surface area contributed by atoms with E-state index in [0.717, 1.165) is 25.3 Å². The third-order valence-corrected chi connectivity index (χ3v) is 3.83. The molecule has 1 aromatic carbocycles. The number of nitrogens with one attached hydrogen (secondary N) is 1. The standard InChI is InChI=1S/C16H26N2O/c1-14(17-2)13-15-5-7-16(8-6-15)19-12-11-18-9-3-4-10-18/h5-8,14,17H,3-4,9-13H2,1-2H3/t14-/m0/s1. The molecule has 2 rings (SSSR count). The second-order valence-electron chi connectivity index (χ2n) is 5.44. The molecule has 1 aromatic rings. The SMILES string of the molecule is CN[C@@H](C)Cc1ccc(OCCN2CCCC2)cc1. The van der Waals surface area contributed by atoms with E-state index in [9.17, 15) is 0 Å². The average Bonchev–Trinajstić information content (AvgIpc) is 2.94. The fraction of sp³-hybridized carbons (Fsp3) is 0.625. The lowest BCUT2D eigenvalue weighted by molar-refractivity contribution is 0.238. The summed E-state index contributed by atoms with van der Waals surface area (Å²) in [6, 6.07) is 9.02. The molecule has 1 heterocycles. The van der Waals surface area contributed by atoms with Crippen LogP contribution < -0.4 is 10.1 Å². The number of benzene rings is 1. The molecule has 1 fully saturated rings. The van der Waals surface area contributed by atoms with Crippen LogP contribution in [-0.4, -0.2) is 44.2 Å². The van der Waals surface area contributed by atoms with E-state index in [1.807, 2.05) is 7.05 Å². The number of likely N-dealkylation sites (N-methyl/N-ethyl adjacent to an activating group) is 1. The molecule has 1 aliphatic rings. The number of rotatable bonds is 7. The van der Waals surface area contributed by atoms with Gasteiger partial charge in [-0.1, -0.05) is 12.1 Å². The van der Waals surface area contributed by atoms with E-state index in [2.05, 4.69) is 41.4 Å². The lowest BCUT2D eigenvalue weighted by atomic mass is 10.1. The van der Waals surface area contributed by atoms with Crippen LogP contribution in [0.4, 0.5) is 0 Å². The van der Waals surface area contributed by atoms with Crippen molar-refractivity contribution in [3.63, 3.8) is 0 Å². The summed E-state index contributed by atoms with van der Waals surface area (Å²) in [4.78, 5) is 2.48. The molecule has 0 amide bonds. The van der Waals surface area contributed by atoms with Crippen molar-refractivity contribution in [2.24, 2.45) is 0 Å². The molecule has 3 heteroatoms. The quantitative estimate of drug-likeness (QED) is 0.816. The summed E-state index contributed by atoms with van der Waals surface area (Å²) < 4.78 is 5.80. The molecule has 0 unspecified atom stereocenters. The molecule has 19 heavy (non-hydrogen) atoms. The van der Waals surface area contributed by atoms with Crippen LogP contribution in [0, 0.1) is 0 Å². The minimum Gasteiger partial charge on any atom is -0.492 e. The molecule has 1 aliphatic heterocycles. The van der Waals surface area contributed by atoms with Gasteiger partial charge < -0.3 is 10.1 Å². The zero-order valence-corrected chi connectivity index (χ0v) is 12.2. The number of ether oxygens (including phenoxy) is 1. The highest BCUT2D eigenvalue weighted by Crippen LogP contribution is 2.14. The fourth-order valence-corrected chi connectivity index (χ4v) is 2.48. The van der Waals surface area contributed by atoms with Gasteiger partial charge in [0.25, 0.3) is 0 Å². The summed E-state index contributed by atoms with van der Waals surface area (Å²) in [6.07, 6.45) is 3.75. The Morgan fingerprint density at radius 2 is 1.89 bits per heavy atom. The van der Waals surface area contributed by atoms with Gasteiger partial charge >= 0.3 is 0 Å². The first kappa shape index (κ1) is 14.4. The van der Waals surface area contributed by atoms with Gasteiger partial charge in [-0.15, -0.1) is 0 Å². The van der Waals surface area contributed by atoms with Gasteiger partial charge in [0.2, 0.25) is 0 Å². The third kappa shape index (κ3) is 4.84. The smallest absolute Gasteiger partial charge is 0.119 e. The van der Waals surface area contributed by atoms with Crippen LogP contribution in [0.1, 0.15) is 25.3 Å². The van der Waals surface area contributed by atoms with Crippen molar-refractivity contribution >= 4 is 0 Å². The van der Waals surface area contributed by atoms with Crippen molar-refractivity contribution in [1.29, 1.82) is 0 Å². The first-order valence-corrected chi connectivity index (χ1v) is 7.39.